The van der Waals surface area contributed by atoms with Crippen molar-refractivity contribution in [1.29, 1.82) is 0 Å². The lowest BCUT2D eigenvalue weighted by molar-refractivity contribution is -0.0514. The van der Waals surface area contributed by atoms with Gasteiger partial charge in [0.2, 0.25) is 0 Å². The van der Waals surface area contributed by atoms with Gasteiger partial charge in [-0.05, 0) is 30.2 Å². The molecule has 2 unspecified atom stereocenters. The molecule has 0 radical (unpaired) electrons. The summed E-state index contributed by atoms with van der Waals surface area (Å²) in [5.41, 5.74) is 5.91. The fourth-order valence-corrected chi connectivity index (χ4v) is 1.52. The minimum atomic E-state index is -2.95. The number of nitrogens with two attached hydrogens (primary N) is 1. The van der Waals surface area contributed by atoms with E-state index in [0.29, 0.717) is 5.56 Å². The third-order valence-corrected chi connectivity index (χ3v) is 2.66. The van der Waals surface area contributed by atoms with Gasteiger partial charge >= 0.3 is 6.61 Å². The Bertz CT molecular complexity index is 388. The highest BCUT2D eigenvalue weighted by molar-refractivity contribution is 5.43. The largest absolute Gasteiger partial charge is 0.493 e. The molecule has 0 spiro atoms. The van der Waals surface area contributed by atoms with Crippen molar-refractivity contribution in [1.82, 2.24) is 0 Å². The molecule has 1 rings (SSSR count). The van der Waals surface area contributed by atoms with Gasteiger partial charge in [0.15, 0.2) is 11.5 Å². The SMILES string of the molecule is COc1ccc(C(O)C(C)CN)cc1OC(F)F. The van der Waals surface area contributed by atoms with Crippen LogP contribution in [0.3, 0.4) is 0 Å². The number of alkyl halides is 2. The van der Waals surface area contributed by atoms with E-state index in [1.807, 2.05) is 0 Å². The Kier molecular flexibility index (Phi) is 5.30. The van der Waals surface area contributed by atoms with E-state index in [9.17, 15) is 13.9 Å². The van der Waals surface area contributed by atoms with Crippen LogP contribution in [-0.2, 0) is 0 Å². The summed E-state index contributed by atoms with van der Waals surface area (Å²) in [6.07, 6.45) is -0.832. The lowest BCUT2D eigenvalue weighted by Gasteiger charge is -2.19. The second kappa shape index (κ2) is 6.51. The first kappa shape index (κ1) is 14.7. The lowest BCUT2D eigenvalue weighted by atomic mass is 9.97. The Balaban J connectivity index is 3.01. The topological polar surface area (TPSA) is 64.7 Å². The van der Waals surface area contributed by atoms with Crippen molar-refractivity contribution < 1.29 is 23.4 Å². The number of aliphatic hydroxyl groups excluding tert-OH is 1. The summed E-state index contributed by atoms with van der Waals surface area (Å²) in [4.78, 5) is 0. The van der Waals surface area contributed by atoms with Crippen LogP contribution in [0, 0.1) is 5.92 Å². The second-order valence-corrected chi connectivity index (χ2v) is 3.95. The van der Waals surface area contributed by atoms with E-state index in [0.717, 1.165) is 0 Å². The fourth-order valence-electron chi connectivity index (χ4n) is 1.52. The standard InChI is InChI=1S/C12H17F2NO3/c1-7(6-15)11(16)8-3-4-9(17-2)10(5-8)18-12(13)14/h3-5,7,11-12,16H,6,15H2,1-2H3. The van der Waals surface area contributed by atoms with E-state index in [4.69, 9.17) is 10.5 Å². The van der Waals surface area contributed by atoms with Gasteiger partial charge in [-0.15, -0.1) is 0 Å². The molecule has 1 aromatic carbocycles. The fraction of sp³-hybridized carbons (Fsp3) is 0.500. The number of benzene rings is 1. The van der Waals surface area contributed by atoms with E-state index in [1.165, 1.54) is 19.2 Å². The average Bonchev–Trinajstić information content (AvgIpc) is 2.36. The lowest BCUT2D eigenvalue weighted by Crippen LogP contribution is -2.19. The minimum Gasteiger partial charge on any atom is -0.493 e. The molecule has 3 N–H and O–H groups in total. The zero-order chi connectivity index (χ0) is 13.7. The molecule has 0 aromatic heterocycles. The molecule has 0 aliphatic rings. The van der Waals surface area contributed by atoms with Crippen LogP contribution < -0.4 is 15.2 Å². The Morgan fingerprint density at radius 1 is 1.33 bits per heavy atom. The van der Waals surface area contributed by atoms with Gasteiger partial charge in [-0.1, -0.05) is 13.0 Å². The summed E-state index contributed by atoms with van der Waals surface area (Å²) in [5, 5.41) is 9.95. The number of halogens is 2. The molecule has 0 amide bonds. The summed E-state index contributed by atoms with van der Waals surface area (Å²) in [6.45, 7) is -0.890. The van der Waals surface area contributed by atoms with Gasteiger partial charge in [0.1, 0.15) is 0 Å². The second-order valence-electron chi connectivity index (χ2n) is 3.95. The van der Waals surface area contributed by atoms with Gasteiger partial charge in [-0.25, -0.2) is 0 Å². The molecule has 102 valence electrons. The first-order valence-electron chi connectivity index (χ1n) is 5.50. The van der Waals surface area contributed by atoms with Crippen molar-refractivity contribution in [3.8, 4) is 11.5 Å². The molecular formula is C12H17F2NO3. The quantitative estimate of drug-likeness (QED) is 0.821. The van der Waals surface area contributed by atoms with Crippen LogP contribution in [-0.4, -0.2) is 25.4 Å². The van der Waals surface area contributed by atoms with Crippen molar-refractivity contribution in [2.24, 2.45) is 11.7 Å². The zero-order valence-corrected chi connectivity index (χ0v) is 10.3. The van der Waals surface area contributed by atoms with Crippen LogP contribution in [0.15, 0.2) is 18.2 Å². The van der Waals surface area contributed by atoms with Gasteiger partial charge in [0.05, 0.1) is 13.2 Å². The molecule has 0 bridgehead atoms. The van der Waals surface area contributed by atoms with Crippen LogP contribution in [0.5, 0.6) is 11.5 Å². The van der Waals surface area contributed by atoms with Crippen molar-refractivity contribution in [3.05, 3.63) is 23.8 Å². The third-order valence-electron chi connectivity index (χ3n) is 2.66. The Labute approximate surface area is 104 Å². The van der Waals surface area contributed by atoms with Crippen molar-refractivity contribution in [2.45, 2.75) is 19.6 Å². The first-order chi connectivity index (χ1) is 8.49. The summed E-state index contributed by atoms with van der Waals surface area (Å²) >= 11 is 0. The van der Waals surface area contributed by atoms with E-state index >= 15 is 0 Å². The molecule has 0 saturated heterocycles. The summed E-state index contributed by atoms with van der Waals surface area (Å²) in [7, 11) is 1.35. The Morgan fingerprint density at radius 2 is 2.00 bits per heavy atom. The molecule has 0 aliphatic carbocycles. The molecule has 2 atom stereocenters. The summed E-state index contributed by atoms with van der Waals surface area (Å²) < 4.78 is 33.7. The smallest absolute Gasteiger partial charge is 0.387 e. The maximum atomic E-state index is 12.2. The van der Waals surface area contributed by atoms with Gasteiger partial charge < -0.3 is 20.3 Å². The van der Waals surface area contributed by atoms with Gasteiger partial charge in [-0.2, -0.15) is 8.78 Å². The van der Waals surface area contributed by atoms with Crippen molar-refractivity contribution in [3.63, 3.8) is 0 Å². The number of hydrogen-bond donors (Lipinski definition) is 2. The highest BCUT2D eigenvalue weighted by atomic mass is 19.3. The maximum absolute atomic E-state index is 12.2. The van der Waals surface area contributed by atoms with Crippen LogP contribution in [0.25, 0.3) is 0 Å². The molecule has 18 heavy (non-hydrogen) atoms. The molecule has 0 aliphatic heterocycles. The molecule has 0 heterocycles. The molecule has 0 saturated carbocycles. The average molecular weight is 261 g/mol. The number of aliphatic hydroxyl groups is 1. The molecular weight excluding hydrogens is 244 g/mol. The van der Waals surface area contributed by atoms with Crippen LogP contribution in [0.2, 0.25) is 0 Å². The maximum Gasteiger partial charge on any atom is 0.387 e. The molecule has 0 fully saturated rings. The first-order valence-corrected chi connectivity index (χ1v) is 5.50. The highest BCUT2D eigenvalue weighted by Gasteiger charge is 2.18. The van der Waals surface area contributed by atoms with Crippen LogP contribution in [0.4, 0.5) is 8.78 Å². The Morgan fingerprint density at radius 3 is 2.50 bits per heavy atom. The number of ether oxygens (including phenoxy) is 2. The van der Waals surface area contributed by atoms with E-state index in [1.54, 1.807) is 13.0 Å². The van der Waals surface area contributed by atoms with E-state index < -0.39 is 12.7 Å². The normalized spacial score (nSPS) is 14.4. The summed E-state index contributed by atoms with van der Waals surface area (Å²) in [6, 6.07) is 4.40. The monoisotopic (exact) mass is 261 g/mol. The highest BCUT2D eigenvalue weighted by Crippen LogP contribution is 2.33. The van der Waals surface area contributed by atoms with Gasteiger partial charge in [-0.3, -0.25) is 0 Å². The molecule has 4 nitrogen and oxygen atoms in total. The van der Waals surface area contributed by atoms with E-state index in [-0.39, 0.29) is 24.0 Å². The molecule has 1 aromatic rings. The van der Waals surface area contributed by atoms with Crippen molar-refractivity contribution >= 4 is 0 Å². The minimum absolute atomic E-state index is 0.103. The third kappa shape index (κ3) is 3.54. The number of hydrogen-bond acceptors (Lipinski definition) is 4. The predicted octanol–water partition coefficient (Wildman–Crippen LogP) is 1.92. The van der Waals surface area contributed by atoms with E-state index in [2.05, 4.69) is 4.74 Å². The number of methoxy groups -OCH3 is 1. The predicted molar refractivity (Wildman–Crippen MR) is 62.8 cm³/mol. The van der Waals surface area contributed by atoms with Gasteiger partial charge in [0.25, 0.3) is 0 Å². The summed E-state index contributed by atoms with van der Waals surface area (Å²) in [5.74, 6) is -0.0993. The van der Waals surface area contributed by atoms with Gasteiger partial charge in [0, 0.05) is 0 Å². The van der Waals surface area contributed by atoms with Crippen LogP contribution in [0.1, 0.15) is 18.6 Å². The van der Waals surface area contributed by atoms with Crippen LogP contribution >= 0.6 is 0 Å². The molecule has 6 heteroatoms. The number of rotatable bonds is 6. The zero-order valence-electron chi connectivity index (χ0n) is 10.3. The van der Waals surface area contributed by atoms with Crippen molar-refractivity contribution in [2.75, 3.05) is 13.7 Å². The Hall–Kier alpha value is -1.40.